The number of rotatable bonds is 14. The summed E-state index contributed by atoms with van der Waals surface area (Å²) in [7, 11) is -21.2. The molecular formula is C37H26Cl3FN12O17S4. The number of benzene rings is 4. The van der Waals surface area contributed by atoms with Gasteiger partial charge in [0.25, 0.3) is 41.8 Å². The molecule has 0 spiro atoms. The molecule has 1 unspecified atom stereocenters. The number of nitrogens with two attached hydrogens (primary N) is 1. The molecule has 0 radical (unpaired) electrons. The molecule has 2 aromatic heterocycles. The number of nitrogens with one attached hydrogen (secondary N) is 4. The van der Waals surface area contributed by atoms with Gasteiger partial charge in [-0.3, -0.25) is 32.8 Å². The molecule has 1 atom stereocenters. The maximum absolute atomic E-state index is 14.6. The van der Waals surface area contributed by atoms with Crippen molar-refractivity contribution in [2.75, 3.05) is 22.5 Å². The van der Waals surface area contributed by atoms with Crippen LogP contribution in [0.3, 0.4) is 0 Å². The number of carbonyl (C=O) groups is 1. The third kappa shape index (κ3) is 10.2. The Morgan fingerprint density at radius 3 is 1.88 bits per heavy atom. The number of aromatic hydroxyl groups is 1. The van der Waals surface area contributed by atoms with Crippen LogP contribution in [0.5, 0.6) is 28.9 Å². The van der Waals surface area contributed by atoms with Crippen LogP contribution in [0.1, 0.15) is 22.8 Å². The lowest BCUT2D eigenvalue weighted by Gasteiger charge is -2.23. The van der Waals surface area contributed by atoms with Crippen LogP contribution in [-0.2, 0) is 40.5 Å². The van der Waals surface area contributed by atoms with Crippen molar-refractivity contribution in [3.05, 3.63) is 89.7 Å². The zero-order valence-electron chi connectivity index (χ0n) is 36.2. The molecule has 2 aliphatic heterocycles. The van der Waals surface area contributed by atoms with Gasteiger partial charge in [0.1, 0.15) is 64.7 Å². The zero-order valence-corrected chi connectivity index (χ0v) is 41.8. The Balaban J connectivity index is 1.08. The highest BCUT2D eigenvalue weighted by molar-refractivity contribution is 7.87. The normalized spacial score (nSPS) is 13.5. The molecule has 29 nitrogen and oxygen atoms in total. The Labute approximate surface area is 427 Å². The number of aromatic amines is 1. The van der Waals surface area contributed by atoms with Crippen LogP contribution in [-0.4, -0.2) is 95.4 Å². The first-order valence-electron chi connectivity index (χ1n) is 19.6. The number of azo groups is 1. The van der Waals surface area contributed by atoms with Crippen molar-refractivity contribution in [3.8, 4) is 28.9 Å². The van der Waals surface area contributed by atoms with Gasteiger partial charge in [0.2, 0.25) is 23.1 Å². The standard InChI is InChI=1S/C37H26Cl3FN12O17S4/c1-10(9-43-15-6-5-14-27(31(15)74(66,67)68)70-29-22(39)24-28(21(38)25(29)46-14)69-26-13(45-24)4-3-12(41)30(26)73(63,64)65)44-36-49-35(40)50-37(51-36)47-16-7-17(19(72(60,61)62)8-18(16)71(57,58)59)52-53-23-11(2)20(32(42)54)33(55)48-34(23)56/h3-8,10,43H,9H2,1-2H3,(H2,42,54)(H2,48,55,56)(H,57,58,59)(H,60,61,62)(H,63,64,65)(H,66,67,68)(H2,44,47,49,50,51). The molecule has 0 saturated heterocycles. The van der Waals surface area contributed by atoms with Gasteiger partial charge in [-0.25, -0.2) is 14.4 Å². The number of nitrogens with zero attached hydrogens (tertiary/aromatic N) is 7. The summed E-state index contributed by atoms with van der Waals surface area (Å²) in [5, 5.41) is 23.6. The fourth-order valence-corrected chi connectivity index (χ4v) is 10.6. The largest absolute Gasteiger partial charge is 0.493 e. The summed E-state index contributed by atoms with van der Waals surface area (Å²) in [4.78, 5) is 41.7. The number of carbonyl (C=O) groups excluding carboxylic acids is 1. The number of H-pyrrole nitrogens is 1. The van der Waals surface area contributed by atoms with E-state index >= 15 is 0 Å². The number of hydrogen-bond acceptors (Lipinski definition) is 23. The summed E-state index contributed by atoms with van der Waals surface area (Å²) in [5.41, 5.74) is 0.0514. The Morgan fingerprint density at radius 2 is 1.32 bits per heavy atom. The van der Waals surface area contributed by atoms with E-state index in [-0.39, 0.29) is 51.9 Å². The molecule has 74 heavy (non-hydrogen) atoms. The molecule has 6 aromatic rings. The Kier molecular flexibility index (Phi) is 13.6. The number of ether oxygens (including phenoxy) is 2. The van der Waals surface area contributed by atoms with Crippen molar-refractivity contribution in [1.29, 1.82) is 0 Å². The van der Waals surface area contributed by atoms with Crippen molar-refractivity contribution < 1.29 is 75.6 Å². The molecular weight excluding hydrogens is 1140 g/mol. The lowest BCUT2D eigenvalue weighted by Crippen LogP contribution is -2.27. The molecule has 0 fully saturated rings. The van der Waals surface area contributed by atoms with Crippen LogP contribution in [0, 0.1) is 12.7 Å². The van der Waals surface area contributed by atoms with Crippen LogP contribution in [0.15, 0.2) is 81.0 Å². The van der Waals surface area contributed by atoms with Crippen molar-refractivity contribution in [2.24, 2.45) is 25.9 Å². The summed E-state index contributed by atoms with van der Waals surface area (Å²) < 4.78 is 166. The van der Waals surface area contributed by atoms with Gasteiger partial charge in [-0.1, -0.05) is 23.2 Å². The number of pyridine rings is 1. The minimum atomic E-state index is -5.39. The summed E-state index contributed by atoms with van der Waals surface area (Å²) in [6, 6.07) is 4.14. The first kappa shape index (κ1) is 53.1. The van der Waals surface area contributed by atoms with Gasteiger partial charge in [0, 0.05) is 18.2 Å². The van der Waals surface area contributed by atoms with Crippen molar-refractivity contribution in [3.63, 3.8) is 0 Å². The molecule has 37 heteroatoms. The third-order valence-electron chi connectivity index (χ3n) is 10.1. The summed E-state index contributed by atoms with van der Waals surface area (Å²) in [6.45, 7) is 2.39. The first-order chi connectivity index (χ1) is 34.3. The Hall–Kier alpha value is -7.25. The SMILES string of the molecule is Cc1c(N=Nc2cc(Nc3nc(Cl)nc(NC(C)CNc4ccc5c(c4S(=O)(=O)O)Oc4c(Cl)c6c(c(Cl)c4=N5)Oc4c(ccc(F)c4S(=O)(=O)O)N=6)n3)c(S(=O)(=O)O)cc2S(=O)(=O)O)c(O)[nH]c(=O)c1C(N)=O. The molecule has 0 aliphatic carbocycles. The first-order valence-corrected chi connectivity index (χ1v) is 26.5. The van der Waals surface area contributed by atoms with Crippen molar-refractivity contribution in [2.45, 2.75) is 39.5 Å². The monoisotopic (exact) mass is 1160 g/mol. The molecule has 0 bridgehead atoms. The van der Waals surface area contributed by atoms with Gasteiger partial charge < -0.3 is 36.3 Å². The fraction of sp³-hybridized carbons (Fsp3) is 0.108. The lowest BCUT2D eigenvalue weighted by atomic mass is 10.1. The van der Waals surface area contributed by atoms with Crippen LogP contribution in [0.4, 0.5) is 50.4 Å². The number of hydrogen-bond donors (Lipinski definition) is 10. The molecule has 388 valence electrons. The minimum absolute atomic E-state index is 0.243. The Morgan fingerprint density at radius 1 is 0.770 bits per heavy atom. The summed E-state index contributed by atoms with van der Waals surface area (Å²) in [5.74, 6) is -6.70. The van der Waals surface area contributed by atoms with Crippen LogP contribution < -0.4 is 47.4 Å². The van der Waals surface area contributed by atoms with E-state index in [1.165, 1.54) is 19.1 Å². The highest BCUT2D eigenvalue weighted by Crippen LogP contribution is 2.48. The van der Waals surface area contributed by atoms with Crippen LogP contribution >= 0.6 is 34.8 Å². The van der Waals surface area contributed by atoms with Crippen molar-refractivity contribution >= 4 is 127 Å². The maximum Gasteiger partial charge on any atom is 0.301 e. The molecule has 2 aliphatic rings. The average molecular weight is 1160 g/mol. The zero-order chi connectivity index (χ0) is 54.3. The quantitative estimate of drug-likeness (QED) is 0.0509. The predicted octanol–water partition coefficient (Wildman–Crippen LogP) is 4.94. The van der Waals surface area contributed by atoms with Crippen molar-refractivity contribution in [1.82, 2.24) is 19.9 Å². The van der Waals surface area contributed by atoms with Crippen LogP contribution in [0.25, 0.3) is 0 Å². The van der Waals surface area contributed by atoms with E-state index in [4.69, 9.17) is 50.0 Å². The second-order valence-corrected chi connectivity index (χ2v) is 21.8. The van der Waals surface area contributed by atoms with Gasteiger partial charge >= 0.3 is 10.1 Å². The van der Waals surface area contributed by atoms with E-state index in [1.807, 2.05) is 4.98 Å². The summed E-state index contributed by atoms with van der Waals surface area (Å²) in [6.07, 6.45) is 0. The molecule has 11 N–H and O–H groups in total. The average Bonchev–Trinajstić information content (AvgIpc) is 3.26. The van der Waals surface area contributed by atoms with Gasteiger partial charge in [0.05, 0.1) is 11.4 Å². The molecule has 4 aromatic carbocycles. The Bertz CT molecular complexity index is 4210. The van der Waals surface area contributed by atoms with E-state index in [2.05, 4.69) is 51.1 Å². The number of amides is 1. The van der Waals surface area contributed by atoms with E-state index < -0.39 is 156 Å². The third-order valence-corrected chi connectivity index (χ3v) is 14.6. The maximum atomic E-state index is 14.6. The minimum Gasteiger partial charge on any atom is -0.493 e. The second-order valence-electron chi connectivity index (χ2n) is 15.2. The topological polar surface area (TPSA) is 456 Å². The second kappa shape index (κ2) is 18.9. The molecule has 8 rings (SSSR count). The van der Waals surface area contributed by atoms with E-state index in [1.54, 1.807) is 0 Å². The van der Waals surface area contributed by atoms with Gasteiger partial charge in [-0.05, 0) is 61.8 Å². The van der Waals surface area contributed by atoms with Gasteiger partial charge in [-0.2, -0.15) is 48.6 Å². The van der Waals surface area contributed by atoms with Gasteiger partial charge in [0.15, 0.2) is 32.8 Å². The highest BCUT2D eigenvalue weighted by atomic mass is 35.5. The number of aromatic nitrogens is 4. The number of halogens is 4. The number of fused-ring (bicyclic) bond motifs is 4. The molecule has 1 amide bonds. The van der Waals surface area contributed by atoms with Gasteiger partial charge in [-0.15, -0.1) is 10.2 Å². The number of primary amides is 1. The van der Waals surface area contributed by atoms with E-state index in [0.717, 1.165) is 13.0 Å². The van der Waals surface area contributed by atoms with E-state index in [9.17, 15) is 71.0 Å². The smallest absolute Gasteiger partial charge is 0.301 e. The predicted molar refractivity (Wildman–Crippen MR) is 253 cm³/mol. The summed E-state index contributed by atoms with van der Waals surface area (Å²) >= 11 is 19.4. The number of anilines is 4. The highest BCUT2D eigenvalue weighted by Gasteiger charge is 2.35. The molecule has 0 saturated carbocycles. The molecule has 4 heterocycles. The fourth-order valence-electron chi connectivity index (χ4n) is 7.03. The van der Waals surface area contributed by atoms with Crippen LogP contribution in [0.2, 0.25) is 15.3 Å². The lowest BCUT2D eigenvalue weighted by molar-refractivity contribution is 0.0998. The van der Waals surface area contributed by atoms with E-state index in [0.29, 0.717) is 12.1 Å².